The van der Waals surface area contributed by atoms with Crippen molar-refractivity contribution in [3.8, 4) is 5.69 Å². The fourth-order valence-corrected chi connectivity index (χ4v) is 4.31. The number of aromatic nitrogens is 2. The van der Waals surface area contributed by atoms with Gasteiger partial charge in [0.25, 0.3) is 0 Å². The molecule has 2 atom stereocenters. The first-order valence-electron chi connectivity index (χ1n) is 9.86. The van der Waals surface area contributed by atoms with E-state index in [4.69, 9.17) is 0 Å². The molecule has 1 aromatic heterocycles. The van der Waals surface area contributed by atoms with Crippen molar-refractivity contribution in [1.29, 1.82) is 0 Å². The second-order valence-electron chi connectivity index (χ2n) is 7.01. The molecule has 5 heteroatoms. The molecule has 1 amide bonds. The van der Waals surface area contributed by atoms with E-state index in [1.807, 2.05) is 103 Å². The zero-order valence-electron chi connectivity index (χ0n) is 16.7. The molecule has 0 aliphatic rings. The summed E-state index contributed by atoms with van der Waals surface area (Å²) in [5.74, 6) is 0.00115. The van der Waals surface area contributed by atoms with Crippen LogP contribution in [0.1, 0.15) is 29.3 Å². The number of carbonyl (C=O) groups is 1. The maximum atomic E-state index is 13.2. The van der Waals surface area contributed by atoms with E-state index in [1.54, 1.807) is 24.3 Å². The zero-order valence-corrected chi connectivity index (χ0v) is 17.5. The molecule has 0 radical (unpaired) electrons. The second-order valence-corrected chi connectivity index (χ2v) is 8.19. The molecule has 1 heterocycles. The van der Waals surface area contributed by atoms with E-state index in [9.17, 15) is 4.79 Å². The fourth-order valence-electron chi connectivity index (χ4n) is 3.26. The molecule has 150 valence electrons. The summed E-state index contributed by atoms with van der Waals surface area (Å²) in [5.41, 5.74) is 3.09. The Hall–Kier alpha value is -3.31. The Morgan fingerprint density at radius 3 is 2.20 bits per heavy atom. The number of hydrogen-bond donors (Lipinski definition) is 1. The normalized spacial score (nSPS) is 12.8. The van der Waals surface area contributed by atoms with Gasteiger partial charge in [0.2, 0.25) is 5.91 Å². The third-order valence-corrected chi connectivity index (χ3v) is 6.16. The summed E-state index contributed by atoms with van der Waals surface area (Å²) in [7, 11) is 0. The van der Waals surface area contributed by atoms with E-state index in [2.05, 4.69) is 10.3 Å². The van der Waals surface area contributed by atoms with Crippen molar-refractivity contribution < 1.29 is 4.79 Å². The number of thioether (sulfide) groups is 1. The van der Waals surface area contributed by atoms with Crippen molar-refractivity contribution >= 4 is 17.7 Å². The van der Waals surface area contributed by atoms with Crippen LogP contribution in [0, 0.1) is 0 Å². The Kier molecular flexibility index (Phi) is 6.30. The van der Waals surface area contributed by atoms with Crippen LogP contribution in [-0.4, -0.2) is 15.5 Å². The van der Waals surface area contributed by atoms with Crippen LogP contribution in [0.3, 0.4) is 0 Å². The highest BCUT2D eigenvalue weighted by molar-refractivity contribution is 8.00. The molecule has 4 nitrogen and oxygen atoms in total. The third kappa shape index (κ3) is 4.81. The monoisotopic (exact) mass is 413 g/mol. The van der Waals surface area contributed by atoms with E-state index < -0.39 is 0 Å². The number of benzene rings is 3. The average molecular weight is 414 g/mol. The Morgan fingerprint density at radius 1 is 0.900 bits per heavy atom. The molecule has 1 N–H and O–H groups in total. The molecule has 2 unspecified atom stereocenters. The lowest BCUT2D eigenvalue weighted by atomic mass is 10.1. The van der Waals surface area contributed by atoms with Crippen LogP contribution >= 0.6 is 11.8 Å². The van der Waals surface area contributed by atoms with Crippen molar-refractivity contribution in [3.63, 3.8) is 0 Å². The van der Waals surface area contributed by atoms with Crippen molar-refractivity contribution in [2.45, 2.75) is 23.1 Å². The molecular formula is C25H23N3OS. The molecule has 0 fully saturated rings. The number of imidazole rings is 1. The summed E-state index contributed by atoms with van der Waals surface area (Å²) < 4.78 is 1.95. The van der Waals surface area contributed by atoms with E-state index in [-0.39, 0.29) is 17.2 Å². The zero-order chi connectivity index (χ0) is 20.8. The quantitative estimate of drug-likeness (QED) is 0.402. The smallest absolute Gasteiger partial charge is 0.238 e. The van der Waals surface area contributed by atoms with Gasteiger partial charge >= 0.3 is 0 Å². The molecule has 3 aromatic carbocycles. The van der Waals surface area contributed by atoms with Crippen LogP contribution in [0.15, 0.2) is 109 Å². The van der Waals surface area contributed by atoms with Gasteiger partial charge in [-0.2, -0.15) is 0 Å². The van der Waals surface area contributed by atoms with Gasteiger partial charge in [0.05, 0.1) is 12.4 Å². The van der Waals surface area contributed by atoms with Crippen molar-refractivity contribution in [3.05, 3.63) is 115 Å². The van der Waals surface area contributed by atoms with Crippen molar-refractivity contribution in [2.24, 2.45) is 0 Å². The number of nitrogens with zero attached hydrogens (tertiary/aromatic N) is 2. The molecule has 0 spiro atoms. The lowest BCUT2D eigenvalue weighted by molar-refractivity contribution is -0.121. The molecule has 0 bridgehead atoms. The number of nitrogens with one attached hydrogen (secondary N) is 1. The van der Waals surface area contributed by atoms with Gasteiger partial charge in [0.1, 0.15) is 5.25 Å². The van der Waals surface area contributed by atoms with Gasteiger partial charge in [0.15, 0.2) is 0 Å². The summed E-state index contributed by atoms with van der Waals surface area (Å²) >= 11 is 1.57. The number of amides is 1. The minimum absolute atomic E-state index is 0.00115. The highest BCUT2D eigenvalue weighted by Crippen LogP contribution is 2.35. The molecule has 0 aliphatic carbocycles. The SMILES string of the molecule is CC(NC(=O)C(Sc1ccccc1)c1ccccc1)c1ccc(-n2ccnc2)cc1. The first-order chi connectivity index (χ1) is 14.7. The van der Waals surface area contributed by atoms with Crippen LogP contribution in [0.5, 0.6) is 0 Å². The largest absolute Gasteiger partial charge is 0.348 e. The summed E-state index contributed by atoms with van der Waals surface area (Å²) in [6.45, 7) is 2.01. The number of carbonyl (C=O) groups excluding carboxylic acids is 1. The van der Waals surface area contributed by atoms with Crippen LogP contribution in [-0.2, 0) is 4.79 Å². The topological polar surface area (TPSA) is 46.9 Å². The van der Waals surface area contributed by atoms with Gasteiger partial charge < -0.3 is 9.88 Å². The first-order valence-corrected chi connectivity index (χ1v) is 10.7. The van der Waals surface area contributed by atoms with E-state index in [0.29, 0.717) is 0 Å². The minimum Gasteiger partial charge on any atom is -0.348 e. The number of rotatable bonds is 7. The Morgan fingerprint density at radius 2 is 1.57 bits per heavy atom. The molecular weight excluding hydrogens is 390 g/mol. The average Bonchev–Trinajstić information content (AvgIpc) is 3.34. The lowest BCUT2D eigenvalue weighted by Gasteiger charge is -2.21. The highest BCUT2D eigenvalue weighted by Gasteiger charge is 2.23. The van der Waals surface area contributed by atoms with Gasteiger partial charge in [-0.25, -0.2) is 4.98 Å². The summed E-state index contributed by atoms with van der Waals surface area (Å²) in [5, 5.41) is 2.87. The van der Waals surface area contributed by atoms with E-state index in [1.165, 1.54) is 0 Å². The van der Waals surface area contributed by atoms with Gasteiger partial charge in [0, 0.05) is 23.0 Å². The first kappa shape index (κ1) is 20.0. The second kappa shape index (κ2) is 9.46. The van der Waals surface area contributed by atoms with E-state index >= 15 is 0 Å². The molecule has 30 heavy (non-hydrogen) atoms. The Bertz CT molecular complexity index is 1060. The third-order valence-electron chi connectivity index (χ3n) is 4.89. The van der Waals surface area contributed by atoms with Crippen molar-refractivity contribution in [2.75, 3.05) is 0 Å². The lowest BCUT2D eigenvalue weighted by Crippen LogP contribution is -2.30. The molecule has 0 aliphatic heterocycles. The van der Waals surface area contributed by atoms with Crippen LogP contribution in [0.25, 0.3) is 5.69 Å². The van der Waals surface area contributed by atoms with Gasteiger partial charge in [-0.3, -0.25) is 4.79 Å². The summed E-state index contributed by atoms with van der Waals surface area (Å²) in [6, 6.07) is 28.0. The van der Waals surface area contributed by atoms with Crippen LogP contribution in [0.4, 0.5) is 0 Å². The fraction of sp³-hybridized carbons (Fsp3) is 0.120. The maximum absolute atomic E-state index is 13.2. The van der Waals surface area contributed by atoms with Crippen LogP contribution in [0.2, 0.25) is 0 Å². The molecule has 4 aromatic rings. The van der Waals surface area contributed by atoms with Crippen molar-refractivity contribution in [1.82, 2.24) is 14.9 Å². The summed E-state index contributed by atoms with van der Waals surface area (Å²) in [4.78, 5) is 18.4. The molecule has 0 saturated carbocycles. The summed E-state index contributed by atoms with van der Waals surface area (Å²) in [6.07, 6.45) is 5.43. The minimum atomic E-state index is -0.318. The molecule has 4 rings (SSSR count). The number of hydrogen-bond acceptors (Lipinski definition) is 3. The standard InChI is InChI=1S/C25H23N3OS/c1-19(20-12-14-22(15-13-20)28-17-16-26-18-28)27-25(29)24(21-8-4-2-5-9-21)30-23-10-6-3-7-11-23/h2-19,24H,1H3,(H,27,29). The predicted octanol–water partition coefficient (Wildman–Crippen LogP) is 5.58. The van der Waals surface area contributed by atoms with Gasteiger partial charge in [-0.15, -0.1) is 11.8 Å². The molecule has 0 saturated heterocycles. The maximum Gasteiger partial charge on any atom is 0.238 e. The predicted molar refractivity (Wildman–Crippen MR) is 122 cm³/mol. The van der Waals surface area contributed by atoms with E-state index in [0.717, 1.165) is 21.7 Å². The van der Waals surface area contributed by atoms with Gasteiger partial charge in [-0.05, 0) is 42.3 Å². The highest BCUT2D eigenvalue weighted by atomic mass is 32.2. The Balaban J connectivity index is 1.50. The van der Waals surface area contributed by atoms with Crippen LogP contribution < -0.4 is 5.32 Å². The Labute approximate surface area is 181 Å². The van der Waals surface area contributed by atoms with Gasteiger partial charge in [-0.1, -0.05) is 60.7 Å².